The molecular weight excluding hydrogens is 213 g/mol. The molecule has 4 nitrogen and oxygen atoms in total. The summed E-state index contributed by atoms with van der Waals surface area (Å²) in [5.41, 5.74) is 0.281. The summed E-state index contributed by atoms with van der Waals surface area (Å²) in [5, 5.41) is 10.9. The molecule has 90 valence electrons. The summed E-state index contributed by atoms with van der Waals surface area (Å²) in [6, 6.07) is -1.10. The highest BCUT2D eigenvalue weighted by Crippen LogP contribution is 2.18. The van der Waals surface area contributed by atoms with Gasteiger partial charge in [0.15, 0.2) is 0 Å². The van der Waals surface area contributed by atoms with Crippen LogP contribution < -0.4 is 5.32 Å². The van der Waals surface area contributed by atoms with Crippen LogP contribution >= 0.6 is 0 Å². The summed E-state index contributed by atoms with van der Waals surface area (Å²) >= 11 is 0. The maximum atomic E-state index is 13.4. The lowest BCUT2D eigenvalue weighted by Gasteiger charge is -2.12. The number of hydrogen-bond donors (Lipinski definition) is 2. The Bertz CT molecular complexity index is 310. The lowest BCUT2D eigenvalue weighted by molar-refractivity contribution is -0.140. The van der Waals surface area contributed by atoms with Gasteiger partial charge in [-0.1, -0.05) is 13.0 Å². The zero-order valence-corrected chi connectivity index (χ0v) is 9.37. The molecule has 1 atom stereocenters. The third-order valence-electron chi connectivity index (χ3n) is 2.03. The summed E-state index contributed by atoms with van der Waals surface area (Å²) < 4.78 is 13.4. The molecule has 1 amide bonds. The lowest BCUT2D eigenvalue weighted by Crippen LogP contribution is -2.36. The van der Waals surface area contributed by atoms with Gasteiger partial charge in [-0.2, -0.15) is 0 Å². The summed E-state index contributed by atoms with van der Waals surface area (Å²) in [4.78, 5) is 20.9. The van der Waals surface area contributed by atoms with Crippen LogP contribution in [-0.2, 0) is 9.59 Å². The van der Waals surface area contributed by atoms with E-state index in [-0.39, 0.29) is 12.0 Å². The Balaban J connectivity index is 4.69. The van der Waals surface area contributed by atoms with Crippen molar-refractivity contribution in [3.05, 3.63) is 23.6 Å². The molecule has 5 heteroatoms. The number of carboxylic acids is 1. The van der Waals surface area contributed by atoms with Gasteiger partial charge in [-0.25, -0.2) is 9.18 Å². The van der Waals surface area contributed by atoms with Crippen LogP contribution in [-0.4, -0.2) is 23.5 Å². The van der Waals surface area contributed by atoms with Crippen molar-refractivity contribution in [2.75, 3.05) is 0 Å². The van der Waals surface area contributed by atoms with E-state index in [1.54, 1.807) is 13.8 Å². The molecule has 0 saturated carbocycles. The smallest absolute Gasteiger partial charge is 0.326 e. The maximum absolute atomic E-state index is 13.4. The van der Waals surface area contributed by atoms with Gasteiger partial charge < -0.3 is 10.4 Å². The van der Waals surface area contributed by atoms with Crippen LogP contribution in [0.3, 0.4) is 0 Å². The zero-order valence-electron chi connectivity index (χ0n) is 9.37. The van der Waals surface area contributed by atoms with E-state index < -0.39 is 17.8 Å². The topological polar surface area (TPSA) is 66.4 Å². The van der Waals surface area contributed by atoms with E-state index in [1.807, 2.05) is 0 Å². The van der Waals surface area contributed by atoms with E-state index in [0.717, 1.165) is 0 Å². The summed E-state index contributed by atoms with van der Waals surface area (Å²) in [5.74, 6) is -1.63. The number of amides is 1. The summed E-state index contributed by atoms with van der Waals surface area (Å²) in [6.07, 6.45) is 3.64. The Morgan fingerprint density at radius 1 is 1.56 bits per heavy atom. The van der Waals surface area contributed by atoms with Gasteiger partial charge >= 0.3 is 5.97 Å². The fourth-order valence-corrected chi connectivity index (χ4v) is 1.18. The number of carboxylic acid groups (broad SMARTS) is 1. The van der Waals surface area contributed by atoms with Crippen LogP contribution in [0.1, 0.15) is 26.7 Å². The molecule has 0 aliphatic heterocycles. The predicted molar refractivity (Wildman–Crippen MR) is 58.5 cm³/mol. The fourth-order valence-electron chi connectivity index (χ4n) is 1.18. The van der Waals surface area contributed by atoms with Crippen LogP contribution in [0, 0.1) is 0 Å². The van der Waals surface area contributed by atoms with Crippen LogP contribution in [0.25, 0.3) is 0 Å². The zero-order chi connectivity index (χ0) is 12.6. The van der Waals surface area contributed by atoms with Crippen LogP contribution in [0.15, 0.2) is 23.6 Å². The number of rotatable bonds is 7. The fraction of sp³-hybridized carbons (Fsp3) is 0.455. The second kappa shape index (κ2) is 7.62. The minimum absolute atomic E-state index is 0.0626. The van der Waals surface area contributed by atoms with E-state index in [0.29, 0.717) is 12.8 Å². The van der Waals surface area contributed by atoms with Crippen molar-refractivity contribution in [2.45, 2.75) is 32.7 Å². The van der Waals surface area contributed by atoms with Crippen molar-refractivity contribution < 1.29 is 19.1 Å². The minimum Gasteiger partial charge on any atom is -0.480 e. The van der Waals surface area contributed by atoms with Crippen LogP contribution in [0.2, 0.25) is 0 Å². The largest absolute Gasteiger partial charge is 0.480 e. The quantitative estimate of drug-likeness (QED) is 0.516. The van der Waals surface area contributed by atoms with Gasteiger partial charge in [0.25, 0.3) is 0 Å². The van der Waals surface area contributed by atoms with E-state index in [4.69, 9.17) is 5.11 Å². The molecule has 0 aromatic heterocycles. The third-order valence-corrected chi connectivity index (χ3v) is 2.03. The van der Waals surface area contributed by atoms with Crippen LogP contribution in [0.5, 0.6) is 0 Å². The normalized spacial score (nSPS) is 14.4. The highest BCUT2D eigenvalue weighted by molar-refractivity contribution is 5.76. The molecule has 2 N–H and O–H groups in total. The highest BCUT2D eigenvalue weighted by Gasteiger charge is 2.19. The summed E-state index contributed by atoms with van der Waals surface area (Å²) in [7, 11) is 0. The number of carbonyl (C=O) groups excluding carboxylic acids is 1. The predicted octanol–water partition coefficient (Wildman–Crippen LogP) is 1.79. The number of hydrogen-bond acceptors (Lipinski definition) is 2. The molecule has 0 rings (SSSR count). The molecule has 1 unspecified atom stereocenters. The average molecular weight is 229 g/mol. The van der Waals surface area contributed by atoms with Gasteiger partial charge in [-0.15, -0.1) is 0 Å². The van der Waals surface area contributed by atoms with E-state index in [1.165, 1.54) is 12.2 Å². The van der Waals surface area contributed by atoms with Gasteiger partial charge in [0.1, 0.15) is 11.9 Å². The molecule has 0 heterocycles. The first-order valence-electron chi connectivity index (χ1n) is 5.00. The van der Waals surface area contributed by atoms with Crippen molar-refractivity contribution in [1.82, 2.24) is 5.32 Å². The molecule has 0 aliphatic rings. The maximum Gasteiger partial charge on any atom is 0.326 e. The molecule has 0 saturated heterocycles. The standard InChI is InChI=1S/C11H16FNO3/c1-3-5-9(12)8(4-2)6-10(11(15)16)13-7-14/h4-5,7,10H,3,6H2,1-2H3,(H,13,14)(H,15,16)/b8-4-,9-5+. The molecule has 16 heavy (non-hydrogen) atoms. The number of carbonyl (C=O) groups is 2. The summed E-state index contributed by atoms with van der Waals surface area (Å²) in [6.45, 7) is 3.41. The van der Waals surface area contributed by atoms with Crippen molar-refractivity contribution >= 4 is 12.4 Å². The third kappa shape index (κ3) is 4.72. The van der Waals surface area contributed by atoms with Crippen molar-refractivity contribution in [2.24, 2.45) is 0 Å². The van der Waals surface area contributed by atoms with Gasteiger partial charge in [0.2, 0.25) is 6.41 Å². The van der Waals surface area contributed by atoms with Crippen LogP contribution in [0.4, 0.5) is 4.39 Å². The SMILES string of the molecule is C/C=C(CC(NC=O)C(=O)O)\C(F)=C/CC. The Kier molecular flexibility index (Phi) is 6.83. The second-order valence-electron chi connectivity index (χ2n) is 3.15. The number of allylic oxidation sites excluding steroid dienone is 3. The monoisotopic (exact) mass is 229 g/mol. The van der Waals surface area contributed by atoms with Gasteiger partial charge in [-0.3, -0.25) is 4.79 Å². The highest BCUT2D eigenvalue weighted by atomic mass is 19.1. The second-order valence-corrected chi connectivity index (χ2v) is 3.15. The van der Waals surface area contributed by atoms with Gasteiger partial charge in [-0.05, 0) is 25.0 Å². The molecule has 0 spiro atoms. The lowest BCUT2D eigenvalue weighted by atomic mass is 10.0. The Morgan fingerprint density at radius 3 is 2.56 bits per heavy atom. The minimum atomic E-state index is -1.18. The molecule has 0 radical (unpaired) electrons. The van der Waals surface area contributed by atoms with Crippen molar-refractivity contribution in [3.8, 4) is 0 Å². The molecule has 0 aromatic rings. The first-order chi connectivity index (χ1) is 7.56. The van der Waals surface area contributed by atoms with E-state index in [2.05, 4.69) is 5.32 Å². The van der Waals surface area contributed by atoms with E-state index >= 15 is 0 Å². The molecule has 0 aromatic carbocycles. The average Bonchev–Trinajstić information content (AvgIpc) is 2.24. The number of aliphatic carboxylic acids is 1. The van der Waals surface area contributed by atoms with E-state index in [9.17, 15) is 14.0 Å². The Labute approximate surface area is 93.8 Å². The molecule has 0 bridgehead atoms. The molecule has 0 aliphatic carbocycles. The first kappa shape index (κ1) is 14.3. The van der Waals surface area contributed by atoms with Crippen molar-refractivity contribution in [1.29, 1.82) is 0 Å². The molecular formula is C11H16FNO3. The number of halogens is 1. The van der Waals surface area contributed by atoms with Crippen molar-refractivity contribution in [3.63, 3.8) is 0 Å². The molecule has 0 fully saturated rings. The van der Waals surface area contributed by atoms with Gasteiger partial charge in [0.05, 0.1) is 0 Å². The number of nitrogens with one attached hydrogen (secondary N) is 1. The Hall–Kier alpha value is -1.65. The van der Waals surface area contributed by atoms with Gasteiger partial charge in [0, 0.05) is 6.42 Å². The first-order valence-corrected chi connectivity index (χ1v) is 5.00. The Morgan fingerprint density at radius 2 is 2.19 bits per heavy atom.